The van der Waals surface area contributed by atoms with E-state index in [1.807, 2.05) is 0 Å². The van der Waals surface area contributed by atoms with Gasteiger partial charge in [0.2, 0.25) is 0 Å². The van der Waals surface area contributed by atoms with Crippen LogP contribution in [0.4, 0.5) is 0 Å². The summed E-state index contributed by atoms with van der Waals surface area (Å²) in [6, 6.07) is 0. The van der Waals surface area contributed by atoms with E-state index in [-0.39, 0.29) is 13.2 Å². The zero-order valence-electron chi connectivity index (χ0n) is 27.9. The normalized spacial score (nSPS) is 16.5. The molecule has 0 rings (SSSR count). The summed E-state index contributed by atoms with van der Waals surface area (Å²) in [6.07, 6.45) is 13.9. The first-order chi connectivity index (χ1) is 21.6. The Morgan fingerprint density at radius 1 is 0.413 bits per heavy atom. The molecule has 22 heteroatoms. The van der Waals surface area contributed by atoms with Crippen molar-refractivity contribution in [2.24, 2.45) is 0 Å². The number of hydrogen-bond donors (Lipinski definition) is 0. The van der Waals surface area contributed by atoms with Crippen LogP contribution in [0.15, 0.2) is 0 Å². The molecule has 0 aliphatic carbocycles. The van der Waals surface area contributed by atoms with Gasteiger partial charge in [0.05, 0.1) is 26.4 Å². The summed E-state index contributed by atoms with van der Waals surface area (Å²) in [7, 11) is -15.4. The van der Waals surface area contributed by atoms with Crippen molar-refractivity contribution in [1.82, 2.24) is 0 Å². The fourth-order valence-corrected chi connectivity index (χ4v) is 7.08. The predicted molar refractivity (Wildman–Crippen MR) is 173 cm³/mol. The van der Waals surface area contributed by atoms with Gasteiger partial charge in [-0.1, -0.05) is 101 Å². The van der Waals surface area contributed by atoms with E-state index in [1.165, 1.54) is 89.6 Å². The highest BCUT2D eigenvalue weighted by molar-refractivity contribution is 8.76. The van der Waals surface area contributed by atoms with Crippen molar-refractivity contribution in [3.63, 3.8) is 0 Å². The van der Waals surface area contributed by atoms with Crippen LogP contribution in [0.25, 0.3) is 0 Å². The molecule has 0 aliphatic rings. The lowest BCUT2D eigenvalue weighted by molar-refractivity contribution is -0.250. The molecule has 0 saturated heterocycles. The molecular formula is C24H54O16P4S2-4. The van der Waals surface area contributed by atoms with E-state index in [4.69, 9.17) is 0 Å². The summed E-state index contributed by atoms with van der Waals surface area (Å²) in [5, 5.41) is 0. The molecule has 0 spiro atoms. The van der Waals surface area contributed by atoms with Crippen LogP contribution in [0.3, 0.4) is 0 Å². The Labute approximate surface area is 283 Å². The molecule has 0 radical (unpaired) electrons. The topological polar surface area (TPSA) is 234 Å². The van der Waals surface area contributed by atoms with Gasteiger partial charge in [0.15, 0.2) is 13.6 Å². The van der Waals surface area contributed by atoms with Crippen LogP contribution < -0.4 is 19.6 Å². The summed E-state index contributed by atoms with van der Waals surface area (Å²) in [4.78, 5) is 44.5. The van der Waals surface area contributed by atoms with Crippen molar-refractivity contribution in [3.8, 4) is 0 Å². The molecule has 0 amide bonds. The molecule has 0 heterocycles. The highest BCUT2D eigenvalue weighted by Gasteiger charge is 2.16. The highest BCUT2D eigenvalue weighted by Crippen LogP contribution is 2.44. The van der Waals surface area contributed by atoms with Crippen molar-refractivity contribution in [2.45, 2.75) is 106 Å². The van der Waals surface area contributed by atoms with E-state index in [1.54, 1.807) is 0 Å². The molecule has 4 unspecified atom stereocenters. The van der Waals surface area contributed by atoms with Crippen molar-refractivity contribution < 1.29 is 74.0 Å². The molecule has 0 aliphatic heterocycles. The number of unbranched alkanes of at least 4 members (excludes halogenated alkanes) is 7. The standard InChI is InChI=1S/C12H26S2.C8H22O16P4.C4H10/c1-3-5-7-9-11-13-14-12-10-8-6-4-2;1-3-17-25(9,10)21-7-23-27(13,14)19-5-6-20-28(15,16)24-8-22-26(11,12)18-4-2;1-3-4-2/h3-12H2,1-2H3;3-8H2,1-2H3,(H,9,10)(H,11,12)(H,13,14)(H,15,16);3-4H2,1-2H3/p-4. The number of phosphoric ester groups is 4. The zero-order valence-corrected chi connectivity index (χ0v) is 33.1. The Balaban J connectivity index is -0.000000850. The molecule has 0 N–H and O–H groups in total. The third-order valence-electron chi connectivity index (χ3n) is 4.75. The van der Waals surface area contributed by atoms with Gasteiger partial charge in [0.25, 0.3) is 31.3 Å². The van der Waals surface area contributed by atoms with Crippen LogP contribution in [0.5, 0.6) is 0 Å². The average molecular weight is 787 g/mol. The fraction of sp³-hybridized carbons (Fsp3) is 1.00. The first-order valence-corrected chi connectivity index (χ1v) is 23.5. The van der Waals surface area contributed by atoms with Crippen molar-refractivity contribution in [1.29, 1.82) is 0 Å². The van der Waals surface area contributed by atoms with Crippen LogP contribution in [0.2, 0.25) is 0 Å². The molecule has 0 aromatic rings. The van der Waals surface area contributed by atoms with Crippen LogP contribution in [-0.4, -0.2) is 51.5 Å². The summed E-state index contributed by atoms with van der Waals surface area (Å²) >= 11 is 0. The fourth-order valence-electron chi connectivity index (χ4n) is 2.36. The molecule has 0 aromatic heterocycles. The zero-order chi connectivity index (χ0) is 35.8. The Kier molecular flexibility index (Phi) is 37.3. The molecule has 0 bridgehead atoms. The number of phosphoric acid groups is 4. The minimum absolute atomic E-state index is 0.246. The maximum absolute atomic E-state index is 11.3. The van der Waals surface area contributed by atoms with E-state index in [9.17, 15) is 37.8 Å². The lowest BCUT2D eigenvalue weighted by Crippen LogP contribution is -2.17. The van der Waals surface area contributed by atoms with Gasteiger partial charge in [-0.3, -0.25) is 36.4 Å². The van der Waals surface area contributed by atoms with Gasteiger partial charge in [-0.15, -0.1) is 0 Å². The van der Waals surface area contributed by atoms with Crippen LogP contribution in [0.1, 0.15) is 106 Å². The van der Waals surface area contributed by atoms with Crippen molar-refractivity contribution in [2.75, 3.05) is 51.5 Å². The van der Waals surface area contributed by atoms with E-state index >= 15 is 0 Å². The predicted octanol–water partition coefficient (Wildman–Crippen LogP) is 6.28. The van der Waals surface area contributed by atoms with Crippen LogP contribution in [0, 0.1) is 0 Å². The number of hydrogen-bond acceptors (Lipinski definition) is 18. The highest BCUT2D eigenvalue weighted by atomic mass is 33.1. The van der Waals surface area contributed by atoms with Gasteiger partial charge in [-0.25, -0.2) is 0 Å². The molecule has 0 saturated carbocycles. The second-order valence-electron chi connectivity index (χ2n) is 8.81. The Morgan fingerprint density at radius 2 is 0.717 bits per heavy atom. The van der Waals surface area contributed by atoms with Gasteiger partial charge < -0.3 is 37.7 Å². The minimum atomic E-state index is -5.05. The van der Waals surface area contributed by atoms with Gasteiger partial charge in [-0.2, -0.15) is 0 Å². The molecule has 46 heavy (non-hydrogen) atoms. The monoisotopic (exact) mass is 786 g/mol. The molecule has 282 valence electrons. The second kappa shape index (κ2) is 33.3. The average Bonchev–Trinajstić information content (AvgIpc) is 2.96. The lowest BCUT2D eigenvalue weighted by Gasteiger charge is -2.27. The quantitative estimate of drug-likeness (QED) is 0.0351. The first kappa shape index (κ1) is 51.5. The summed E-state index contributed by atoms with van der Waals surface area (Å²) in [6.45, 7) is 6.82. The second-order valence-corrected chi connectivity index (χ2v) is 17.2. The summed E-state index contributed by atoms with van der Waals surface area (Å²) in [5.74, 6) is 2.72. The maximum Gasteiger partial charge on any atom is 0.270 e. The van der Waals surface area contributed by atoms with Crippen LogP contribution >= 0.6 is 52.9 Å². The lowest BCUT2D eigenvalue weighted by atomic mass is 10.2. The third-order valence-corrected chi connectivity index (χ3v) is 11.2. The van der Waals surface area contributed by atoms with Gasteiger partial charge in [-0.05, 0) is 26.7 Å². The van der Waals surface area contributed by atoms with Crippen molar-refractivity contribution >= 4 is 52.9 Å². The Morgan fingerprint density at radius 3 is 0.978 bits per heavy atom. The molecule has 16 nitrogen and oxygen atoms in total. The van der Waals surface area contributed by atoms with Gasteiger partial charge in [0, 0.05) is 11.5 Å². The van der Waals surface area contributed by atoms with E-state index in [2.05, 4.69) is 85.5 Å². The third kappa shape index (κ3) is 41.3. The van der Waals surface area contributed by atoms with Gasteiger partial charge in [0.1, 0.15) is 0 Å². The minimum Gasteiger partial charge on any atom is -0.756 e. The van der Waals surface area contributed by atoms with E-state index in [0.717, 1.165) is 0 Å². The molecular weight excluding hydrogens is 732 g/mol. The van der Waals surface area contributed by atoms with Crippen LogP contribution in [-0.2, 0) is 54.5 Å². The molecule has 0 fully saturated rings. The maximum atomic E-state index is 11.3. The first-order valence-electron chi connectivity index (χ1n) is 15.2. The molecule has 4 atom stereocenters. The SMILES string of the molecule is CCCC.CCCCCCSSCCCCCC.CCOP(=O)([O-])OCOP(=O)([O-])OCCOP(=O)([O-])OCOP(=O)([O-])OCC. The Bertz CT molecular complexity index is 806. The summed E-state index contributed by atoms with van der Waals surface area (Å²) < 4.78 is 77.3. The number of rotatable bonds is 29. The van der Waals surface area contributed by atoms with Crippen molar-refractivity contribution in [3.05, 3.63) is 0 Å². The van der Waals surface area contributed by atoms with E-state index in [0.29, 0.717) is 0 Å². The van der Waals surface area contributed by atoms with E-state index < -0.39 is 58.1 Å². The molecule has 0 aromatic carbocycles. The van der Waals surface area contributed by atoms with Gasteiger partial charge >= 0.3 is 0 Å². The smallest absolute Gasteiger partial charge is 0.270 e. The largest absolute Gasteiger partial charge is 0.756 e. The summed E-state index contributed by atoms with van der Waals surface area (Å²) in [5.41, 5.74) is 0. The Hall–Kier alpha value is 1.14.